The Hall–Kier alpha value is -3.25. The third kappa shape index (κ3) is 3.49. The van der Waals surface area contributed by atoms with Gasteiger partial charge in [-0.25, -0.2) is 9.07 Å². The molecule has 0 unspecified atom stereocenters. The van der Waals surface area contributed by atoms with E-state index in [0.717, 1.165) is 34.5 Å². The van der Waals surface area contributed by atoms with Gasteiger partial charge in [-0.2, -0.15) is 5.10 Å². The van der Waals surface area contributed by atoms with Crippen LogP contribution in [0.1, 0.15) is 58.9 Å². The van der Waals surface area contributed by atoms with E-state index in [2.05, 4.69) is 18.1 Å². The normalized spacial score (nSPS) is 23.7. The smallest absolute Gasteiger partial charge is 0.248 e. The summed E-state index contributed by atoms with van der Waals surface area (Å²) in [6.07, 6.45) is 7.28. The van der Waals surface area contributed by atoms with E-state index in [0.29, 0.717) is 31.2 Å². The van der Waals surface area contributed by atoms with Gasteiger partial charge in [-0.15, -0.1) is 0 Å². The summed E-state index contributed by atoms with van der Waals surface area (Å²) in [5, 5.41) is 16.4. The van der Waals surface area contributed by atoms with Crippen LogP contribution in [0.25, 0.3) is 11.8 Å². The van der Waals surface area contributed by atoms with Crippen LogP contribution >= 0.6 is 0 Å². The van der Waals surface area contributed by atoms with Gasteiger partial charge in [-0.1, -0.05) is 30.2 Å². The lowest BCUT2D eigenvalue weighted by Gasteiger charge is -2.42. The Morgan fingerprint density at radius 1 is 1.24 bits per heavy atom. The van der Waals surface area contributed by atoms with Crippen molar-refractivity contribution in [2.75, 3.05) is 0 Å². The van der Waals surface area contributed by atoms with Crippen LogP contribution in [0.3, 0.4) is 0 Å². The minimum absolute atomic E-state index is 0.278. The molecule has 0 saturated heterocycles. The predicted molar refractivity (Wildman–Crippen MR) is 126 cm³/mol. The number of aryl methyl sites for hydroxylation is 2. The minimum Gasteiger partial charge on any atom is -0.389 e. The van der Waals surface area contributed by atoms with Gasteiger partial charge < -0.3 is 10.8 Å². The summed E-state index contributed by atoms with van der Waals surface area (Å²) in [7, 11) is 0. The zero-order valence-electron chi connectivity index (χ0n) is 18.9. The highest BCUT2D eigenvalue weighted by molar-refractivity contribution is 5.94. The number of primary amides is 1. The number of rotatable bonds is 5. The SMILES string of the molecule is Cc1ccc(C(N)=O)c(CC[C@]2(O)CCC3=Cc4c(cnn4-c4ccc(F)cc4)C[C@@]32C)c1. The molecule has 0 bridgehead atoms. The van der Waals surface area contributed by atoms with E-state index in [1.807, 2.05) is 29.9 Å². The number of amides is 1. The van der Waals surface area contributed by atoms with Crippen molar-refractivity contribution in [3.63, 3.8) is 0 Å². The maximum atomic E-state index is 13.4. The highest BCUT2D eigenvalue weighted by Crippen LogP contribution is 2.56. The van der Waals surface area contributed by atoms with E-state index in [4.69, 9.17) is 5.73 Å². The molecule has 2 aliphatic rings. The Labute approximate surface area is 192 Å². The Balaban J connectivity index is 1.44. The van der Waals surface area contributed by atoms with Gasteiger partial charge >= 0.3 is 0 Å². The molecule has 1 aromatic heterocycles. The number of carbonyl (C=O) groups is 1. The summed E-state index contributed by atoms with van der Waals surface area (Å²) < 4.78 is 15.2. The van der Waals surface area contributed by atoms with E-state index >= 15 is 0 Å². The molecule has 2 aromatic carbocycles. The fourth-order valence-corrected chi connectivity index (χ4v) is 5.63. The van der Waals surface area contributed by atoms with Crippen LogP contribution in [0.5, 0.6) is 0 Å². The minimum atomic E-state index is -0.896. The molecule has 5 nitrogen and oxygen atoms in total. The number of aliphatic hydroxyl groups is 1. The van der Waals surface area contributed by atoms with Gasteiger partial charge in [0.05, 0.1) is 23.2 Å². The molecule has 33 heavy (non-hydrogen) atoms. The monoisotopic (exact) mass is 445 g/mol. The second kappa shape index (κ2) is 7.66. The fraction of sp³-hybridized carbons (Fsp3) is 0.333. The van der Waals surface area contributed by atoms with Crippen LogP contribution < -0.4 is 5.73 Å². The number of nitrogens with zero attached hydrogens (tertiary/aromatic N) is 2. The average molecular weight is 446 g/mol. The first-order valence-electron chi connectivity index (χ1n) is 11.4. The maximum Gasteiger partial charge on any atom is 0.248 e. The zero-order valence-corrected chi connectivity index (χ0v) is 18.9. The molecule has 0 aliphatic heterocycles. The molecule has 0 spiro atoms. The quantitative estimate of drug-likeness (QED) is 0.606. The summed E-state index contributed by atoms with van der Waals surface area (Å²) in [4.78, 5) is 11.9. The fourth-order valence-electron chi connectivity index (χ4n) is 5.63. The lowest BCUT2D eigenvalue weighted by molar-refractivity contribution is -0.0461. The van der Waals surface area contributed by atoms with Crippen molar-refractivity contribution in [1.29, 1.82) is 0 Å². The first-order valence-corrected chi connectivity index (χ1v) is 11.4. The van der Waals surface area contributed by atoms with Crippen molar-refractivity contribution < 1.29 is 14.3 Å². The van der Waals surface area contributed by atoms with E-state index in [1.165, 1.54) is 17.7 Å². The summed E-state index contributed by atoms with van der Waals surface area (Å²) in [5.74, 6) is -0.717. The van der Waals surface area contributed by atoms with Crippen LogP contribution in [-0.2, 0) is 12.8 Å². The third-order valence-electron chi connectivity index (χ3n) is 7.69. The van der Waals surface area contributed by atoms with E-state index in [-0.39, 0.29) is 5.82 Å². The average Bonchev–Trinajstić information content (AvgIpc) is 3.29. The molecule has 1 fully saturated rings. The molecular formula is C27H28FN3O2. The van der Waals surface area contributed by atoms with Crippen molar-refractivity contribution in [3.8, 4) is 5.69 Å². The van der Waals surface area contributed by atoms with E-state index in [1.54, 1.807) is 18.2 Å². The number of hydrogen-bond donors (Lipinski definition) is 2. The topological polar surface area (TPSA) is 81.1 Å². The molecular weight excluding hydrogens is 417 g/mol. The first kappa shape index (κ1) is 21.6. The van der Waals surface area contributed by atoms with Crippen LogP contribution in [0.4, 0.5) is 4.39 Å². The number of benzene rings is 2. The van der Waals surface area contributed by atoms with Gasteiger partial charge in [0.2, 0.25) is 5.91 Å². The van der Waals surface area contributed by atoms with E-state index < -0.39 is 16.9 Å². The van der Waals surface area contributed by atoms with Crippen molar-refractivity contribution in [2.24, 2.45) is 11.1 Å². The lowest BCUT2D eigenvalue weighted by atomic mass is 9.65. The Morgan fingerprint density at radius 2 is 2.00 bits per heavy atom. The molecule has 2 atom stereocenters. The van der Waals surface area contributed by atoms with Crippen LogP contribution in [0.2, 0.25) is 0 Å². The molecule has 6 heteroatoms. The third-order valence-corrected chi connectivity index (χ3v) is 7.69. The van der Waals surface area contributed by atoms with Crippen molar-refractivity contribution in [1.82, 2.24) is 9.78 Å². The predicted octanol–water partition coefficient (Wildman–Crippen LogP) is 4.52. The molecule has 3 N–H and O–H groups in total. The second-order valence-electron chi connectivity index (χ2n) is 9.68. The highest BCUT2D eigenvalue weighted by Gasteiger charge is 2.54. The van der Waals surface area contributed by atoms with E-state index in [9.17, 15) is 14.3 Å². The number of carbonyl (C=O) groups excluding carboxylic acids is 1. The summed E-state index contributed by atoms with van der Waals surface area (Å²) in [6.45, 7) is 4.12. The molecule has 170 valence electrons. The second-order valence-corrected chi connectivity index (χ2v) is 9.68. The zero-order chi connectivity index (χ0) is 23.4. The maximum absolute atomic E-state index is 13.4. The largest absolute Gasteiger partial charge is 0.389 e. The molecule has 1 saturated carbocycles. The number of halogens is 1. The highest BCUT2D eigenvalue weighted by atomic mass is 19.1. The summed E-state index contributed by atoms with van der Waals surface area (Å²) in [6, 6.07) is 12.0. The number of nitrogens with two attached hydrogens (primary N) is 1. The summed E-state index contributed by atoms with van der Waals surface area (Å²) in [5.41, 5.74) is 10.8. The van der Waals surface area contributed by atoms with Crippen LogP contribution in [-0.4, -0.2) is 26.4 Å². The van der Waals surface area contributed by atoms with Gasteiger partial charge in [-0.05, 0) is 86.6 Å². The van der Waals surface area contributed by atoms with Gasteiger partial charge in [0.15, 0.2) is 0 Å². The summed E-state index contributed by atoms with van der Waals surface area (Å²) >= 11 is 0. The Morgan fingerprint density at radius 3 is 2.73 bits per heavy atom. The van der Waals surface area contributed by atoms with Gasteiger partial charge in [-0.3, -0.25) is 4.79 Å². The first-order chi connectivity index (χ1) is 15.7. The standard InChI is InChI=1S/C27H28FN3O2/c1-17-3-8-23(25(29)32)18(13-17)9-11-27(33)12-10-20-14-24-19(15-26(20,27)2)16-30-31(24)22-6-4-21(28)5-7-22/h3-8,13-14,16,33H,9-12,15H2,1-2H3,(H2,29,32)/t26-,27-/m0/s1. The molecule has 5 rings (SSSR count). The van der Waals surface area contributed by atoms with Crippen molar-refractivity contribution in [3.05, 3.63) is 88.0 Å². The van der Waals surface area contributed by atoms with Crippen molar-refractivity contribution >= 4 is 12.0 Å². The van der Waals surface area contributed by atoms with Gasteiger partial charge in [0.25, 0.3) is 0 Å². The number of hydrogen-bond acceptors (Lipinski definition) is 3. The van der Waals surface area contributed by atoms with Crippen molar-refractivity contribution in [2.45, 2.75) is 51.6 Å². The Kier molecular flexibility index (Phi) is 5.01. The van der Waals surface area contributed by atoms with Gasteiger partial charge in [0.1, 0.15) is 5.82 Å². The van der Waals surface area contributed by atoms with Crippen LogP contribution in [0, 0.1) is 18.2 Å². The number of aromatic nitrogens is 2. The molecule has 1 heterocycles. The molecule has 1 amide bonds. The lowest BCUT2D eigenvalue weighted by Crippen LogP contribution is -2.45. The molecule has 3 aromatic rings. The molecule has 0 radical (unpaired) electrons. The van der Waals surface area contributed by atoms with Crippen LogP contribution in [0.15, 0.2) is 54.2 Å². The molecule has 2 aliphatic carbocycles. The number of fused-ring (bicyclic) bond motifs is 2. The van der Waals surface area contributed by atoms with Gasteiger partial charge in [0, 0.05) is 11.0 Å². The Bertz CT molecular complexity index is 1280.